The Balaban J connectivity index is 2.12. The van der Waals surface area contributed by atoms with Crippen LogP contribution in [0.15, 0.2) is 18.7 Å². The molecule has 1 atom stereocenters. The lowest BCUT2D eigenvalue weighted by Crippen LogP contribution is -2.44. The number of hydrogen-bond acceptors (Lipinski definition) is 7. The van der Waals surface area contributed by atoms with Crippen molar-refractivity contribution in [1.82, 2.24) is 19.5 Å². The smallest absolute Gasteiger partial charge is 0.333 e. The van der Waals surface area contributed by atoms with Crippen molar-refractivity contribution in [3.8, 4) is 5.82 Å². The summed E-state index contributed by atoms with van der Waals surface area (Å²) in [4.78, 5) is 25.6. The van der Waals surface area contributed by atoms with Crippen molar-refractivity contribution in [2.45, 2.75) is 19.9 Å². The third-order valence-corrected chi connectivity index (χ3v) is 3.58. The topological polar surface area (TPSA) is 99.2 Å². The molecule has 0 spiro atoms. The molecule has 9 nitrogen and oxygen atoms in total. The molecule has 3 heterocycles. The summed E-state index contributed by atoms with van der Waals surface area (Å²) >= 11 is 0. The minimum Gasteiger partial charge on any atom is -0.377 e. The van der Waals surface area contributed by atoms with E-state index >= 15 is 0 Å². The zero-order valence-corrected chi connectivity index (χ0v) is 12.3. The molecule has 0 unspecified atom stereocenters. The molecule has 0 aromatic carbocycles. The monoisotopic (exact) mass is 304 g/mol. The number of aromatic nitrogens is 4. The lowest BCUT2D eigenvalue weighted by Gasteiger charge is -2.33. The molecule has 2 aromatic heterocycles. The highest BCUT2D eigenvalue weighted by Gasteiger charge is 2.28. The Morgan fingerprint density at radius 2 is 2.27 bits per heavy atom. The van der Waals surface area contributed by atoms with Gasteiger partial charge in [-0.1, -0.05) is 0 Å². The first kappa shape index (κ1) is 14.4. The number of rotatable bonds is 3. The maximum atomic E-state index is 11.3. The normalized spacial score (nSPS) is 18.5. The lowest BCUT2D eigenvalue weighted by molar-refractivity contribution is -0.385. The van der Waals surface area contributed by atoms with Gasteiger partial charge in [-0.25, -0.2) is 9.97 Å². The summed E-state index contributed by atoms with van der Waals surface area (Å²) in [6, 6.07) is 0.116. The summed E-state index contributed by atoms with van der Waals surface area (Å²) in [6.45, 7) is 5.46. The van der Waals surface area contributed by atoms with E-state index < -0.39 is 4.92 Å². The maximum Gasteiger partial charge on any atom is 0.333 e. The molecule has 116 valence electrons. The average Bonchev–Trinajstić information content (AvgIpc) is 3.00. The lowest BCUT2D eigenvalue weighted by atomic mass is 10.2. The zero-order valence-electron chi connectivity index (χ0n) is 12.3. The Morgan fingerprint density at radius 3 is 2.91 bits per heavy atom. The quantitative estimate of drug-likeness (QED) is 0.618. The molecule has 22 heavy (non-hydrogen) atoms. The van der Waals surface area contributed by atoms with Crippen molar-refractivity contribution >= 4 is 11.6 Å². The Hall–Kier alpha value is -2.55. The number of ether oxygens (including phenoxy) is 1. The van der Waals surface area contributed by atoms with Gasteiger partial charge in [-0.3, -0.25) is 14.7 Å². The van der Waals surface area contributed by atoms with Crippen LogP contribution in [0.1, 0.15) is 12.6 Å². The van der Waals surface area contributed by atoms with E-state index in [2.05, 4.69) is 15.0 Å². The van der Waals surface area contributed by atoms with Gasteiger partial charge in [0.1, 0.15) is 12.0 Å². The number of imidazole rings is 1. The van der Waals surface area contributed by atoms with Gasteiger partial charge in [0.25, 0.3) is 0 Å². The zero-order chi connectivity index (χ0) is 15.7. The van der Waals surface area contributed by atoms with Crippen LogP contribution in [-0.2, 0) is 4.74 Å². The van der Waals surface area contributed by atoms with Gasteiger partial charge >= 0.3 is 5.69 Å². The Labute approximate surface area is 126 Å². The molecule has 1 aliphatic rings. The third-order valence-electron chi connectivity index (χ3n) is 3.58. The Kier molecular flexibility index (Phi) is 3.72. The summed E-state index contributed by atoms with van der Waals surface area (Å²) in [6.07, 6.45) is 4.67. The van der Waals surface area contributed by atoms with Crippen LogP contribution in [0.4, 0.5) is 11.6 Å². The highest BCUT2D eigenvalue weighted by atomic mass is 16.6. The molecular weight excluding hydrogens is 288 g/mol. The van der Waals surface area contributed by atoms with Crippen molar-refractivity contribution in [3.63, 3.8) is 0 Å². The summed E-state index contributed by atoms with van der Waals surface area (Å²) in [7, 11) is 0. The van der Waals surface area contributed by atoms with Crippen LogP contribution in [0.3, 0.4) is 0 Å². The molecule has 1 saturated heterocycles. The highest BCUT2D eigenvalue weighted by molar-refractivity contribution is 5.54. The number of morpholine rings is 1. The molecule has 0 N–H and O–H groups in total. The molecule has 2 aromatic rings. The predicted molar refractivity (Wildman–Crippen MR) is 78.2 cm³/mol. The van der Waals surface area contributed by atoms with Gasteiger partial charge in [0.2, 0.25) is 11.8 Å². The van der Waals surface area contributed by atoms with Gasteiger partial charge in [0.05, 0.1) is 24.2 Å². The fourth-order valence-corrected chi connectivity index (χ4v) is 2.47. The summed E-state index contributed by atoms with van der Waals surface area (Å²) in [5.41, 5.74) is 0.222. The van der Waals surface area contributed by atoms with Gasteiger partial charge in [-0.05, 0) is 13.8 Å². The SMILES string of the molecule is Cc1nc(N2CCOC[C@H]2C)nc(-n2ccnc2)c1[N+](=O)[O-]. The van der Waals surface area contributed by atoms with E-state index in [1.54, 1.807) is 19.3 Å². The molecule has 1 fully saturated rings. The van der Waals surface area contributed by atoms with E-state index in [4.69, 9.17) is 4.74 Å². The largest absolute Gasteiger partial charge is 0.377 e. The number of hydrogen-bond donors (Lipinski definition) is 0. The Bertz CT molecular complexity index is 687. The molecule has 0 aliphatic carbocycles. The number of anilines is 1. The maximum absolute atomic E-state index is 11.3. The van der Waals surface area contributed by atoms with Gasteiger partial charge in [0, 0.05) is 18.9 Å². The van der Waals surface area contributed by atoms with Crippen LogP contribution in [-0.4, -0.2) is 50.2 Å². The minimum atomic E-state index is -0.461. The van der Waals surface area contributed by atoms with E-state index in [1.165, 1.54) is 10.9 Å². The number of nitro groups is 1. The third kappa shape index (κ3) is 2.50. The average molecular weight is 304 g/mol. The van der Waals surface area contributed by atoms with E-state index in [0.29, 0.717) is 31.4 Å². The molecule has 1 aliphatic heterocycles. The summed E-state index contributed by atoms with van der Waals surface area (Å²) < 4.78 is 6.94. The van der Waals surface area contributed by atoms with Crippen LogP contribution in [0.5, 0.6) is 0 Å². The van der Waals surface area contributed by atoms with E-state index in [9.17, 15) is 10.1 Å². The van der Waals surface area contributed by atoms with Gasteiger partial charge in [-0.2, -0.15) is 4.98 Å². The molecule has 9 heteroatoms. The van der Waals surface area contributed by atoms with Gasteiger partial charge < -0.3 is 9.64 Å². The van der Waals surface area contributed by atoms with Crippen molar-refractivity contribution in [3.05, 3.63) is 34.5 Å². The first-order chi connectivity index (χ1) is 10.6. The number of aryl methyl sites for hydroxylation is 1. The fourth-order valence-electron chi connectivity index (χ4n) is 2.47. The van der Waals surface area contributed by atoms with Crippen molar-refractivity contribution in [2.24, 2.45) is 0 Å². The molecular formula is C13H16N6O3. The van der Waals surface area contributed by atoms with Crippen molar-refractivity contribution in [1.29, 1.82) is 0 Å². The predicted octanol–water partition coefficient (Wildman–Crippen LogP) is 1.10. The second-order valence-electron chi connectivity index (χ2n) is 5.13. The van der Waals surface area contributed by atoms with E-state index in [0.717, 1.165) is 0 Å². The van der Waals surface area contributed by atoms with Gasteiger partial charge in [-0.15, -0.1) is 0 Å². The molecule has 0 bridgehead atoms. The first-order valence-corrected chi connectivity index (χ1v) is 6.93. The standard InChI is InChI=1S/C13H16N6O3/c1-9-7-22-6-5-18(9)13-15-10(2)11(19(20)21)12(16-13)17-4-3-14-8-17/h3-4,8-9H,5-7H2,1-2H3/t9-/m1/s1. The molecule has 3 rings (SSSR count). The summed E-state index contributed by atoms with van der Waals surface area (Å²) in [5.74, 6) is 0.700. The van der Waals surface area contributed by atoms with Crippen LogP contribution in [0, 0.1) is 17.0 Å². The molecule has 0 amide bonds. The molecule has 0 radical (unpaired) electrons. The highest BCUT2D eigenvalue weighted by Crippen LogP contribution is 2.27. The van der Waals surface area contributed by atoms with Crippen LogP contribution < -0.4 is 4.90 Å². The van der Waals surface area contributed by atoms with Crippen LogP contribution >= 0.6 is 0 Å². The Morgan fingerprint density at radius 1 is 1.45 bits per heavy atom. The van der Waals surface area contributed by atoms with Crippen LogP contribution in [0.25, 0.3) is 5.82 Å². The van der Waals surface area contributed by atoms with Gasteiger partial charge in [0.15, 0.2) is 0 Å². The van der Waals surface area contributed by atoms with Crippen molar-refractivity contribution in [2.75, 3.05) is 24.7 Å². The van der Waals surface area contributed by atoms with Crippen LogP contribution in [0.2, 0.25) is 0 Å². The molecule has 0 saturated carbocycles. The van der Waals surface area contributed by atoms with E-state index in [1.807, 2.05) is 11.8 Å². The number of nitrogens with zero attached hydrogens (tertiary/aromatic N) is 6. The first-order valence-electron chi connectivity index (χ1n) is 6.93. The summed E-state index contributed by atoms with van der Waals surface area (Å²) in [5, 5.41) is 11.3. The second kappa shape index (κ2) is 5.68. The van der Waals surface area contributed by atoms with Crippen molar-refractivity contribution < 1.29 is 9.66 Å². The van der Waals surface area contributed by atoms with E-state index in [-0.39, 0.29) is 17.5 Å². The second-order valence-corrected chi connectivity index (χ2v) is 5.13. The fraction of sp³-hybridized carbons (Fsp3) is 0.462. The minimum absolute atomic E-state index is 0.109.